The summed E-state index contributed by atoms with van der Waals surface area (Å²) < 4.78 is 4.85. The average molecular weight is 267 g/mol. The van der Waals surface area contributed by atoms with Crippen LogP contribution in [0.1, 0.15) is 19.4 Å². The number of aryl methyl sites for hydroxylation is 1. The van der Waals surface area contributed by atoms with Crippen molar-refractivity contribution in [3.63, 3.8) is 0 Å². The summed E-state index contributed by atoms with van der Waals surface area (Å²) in [4.78, 5) is 27.7. The quantitative estimate of drug-likeness (QED) is 0.443. The van der Waals surface area contributed by atoms with Crippen LogP contribution >= 0.6 is 0 Å². The molecule has 1 heterocycles. The lowest BCUT2D eigenvalue weighted by Gasteiger charge is -2.20. The van der Waals surface area contributed by atoms with Crippen molar-refractivity contribution in [2.45, 2.75) is 20.8 Å². The first-order valence-electron chi connectivity index (χ1n) is 6.01. The largest absolute Gasteiger partial charge is 0.465 e. The van der Waals surface area contributed by atoms with E-state index in [0.717, 1.165) is 0 Å². The summed E-state index contributed by atoms with van der Waals surface area (Å²) in [6.45, 7) is 5.80. The molecule has 0 aliphatic heterocycles. The van der Waals surface area contributed by atoms with Crippen LogP contribution in [0, 0.1) is 17.0 Å². The second kappa shape index (κ2) is 6.67. The minimum Gasteiger partial charge on any atom is -0.465 e. The first kappa shape index (κ1) is 14.9. The second-order valence-electron chi connectivity index (χ2n) is 3.88. The van der Waals surface area contributed by atoms with Gasteiger partial charge in [-0.15, -0.1) is 0 Å². The normalized spacial score (nSPS) is 10.1. The third-order valence-corrected chi connectivity index (χ3v) is 2.60. The van der Waals surface area contributed by atoms with E-state index in [9.17, 15) is 14.9 Å². The van der Waals surface area contributed by atoms with Crippen molar-refractivity contribution >= 4 is 17.5 Å². The highest BCUT2D eigenvalue weighted by molar-refractivity contribution is 5.77. The molecule has 0 spiro atoms. The standard InChI is InChI=1S/C12H17N3O4/c1-4-14(8-10(16)19-5-2)12-11(15(17)18)9(3)6-7-13-12/h6-7H,4-5,8H2,1-3H3. The zero-order valence-electron chi connectivity index (χ0n) is 11.3. The van der Waals surface area contributed by atoms with Crippen molar-refractivity contribution in [1.29, 1.82) is 0 Å². The van der Waals surface area contributed by atoms with Crippen LogP contribution in [0.15, 0.2) is 12.3 Å². The van der Waals surface area contributed by atoms with Gasteiger partial charge in [0.25, 0.3) is 0 Å². The number of rotatable bonds is 6. The summed E-state index contributed by atoms with van der Waals surface area (Å²) in [6.07, 6.45) is 1.49. The number of carbonyl (C=O) groups is 1. The molecule has 1 rings (SSSR count). The molecule has 104 valence electrons. The monoisotopic (exact) mass is 267 g/mol. The van der Waals surface area contributed by atoms with Gasteiger partial charge >= 0.3 is 11.7 Å². The highest BCUT2D eigenvalue weighted by atomic mass is 16.6. The Labute approximate surface area is 111 Å². The lowest BCUT2D eigenvalue weighted by atomic mass is 10.2. The first-order valence-corrected chi connectivity index (χ1v) is 6.01. The molecule has 0 saturated carbocycles. The molecule has 19 heavy (non-hydrogen) atoms. The maximum atomic E-state index is 11.5. The van der Waals surface area contributed by atoms with Gasteiger partial charge in [0.1, 0.15) is 6.54 Å². The van der Waals surface area contributed by atoms with E-state index in [4.69, 9.17) is 4.74 Å². The van der Waals surface area contributed by atoms with Gasteiger partial charge in [0.05, 0.1) is 11.5 Å². The van der Waals surface area contributed by atoms with E-state index >= 15 is 0 Å². The fourth-order valence-electron chi connectivity index (χ4n) is 1.69. The number of carbonyl (C=O) groups excluding carboxylic acids is 1. The van der Waals surface area contributed by atoms with Crippen LogP contribution in [0.5, 0.6) is 0 Å². The Balaban J connectivity index is 3.08. The summed E-state index contributed by atoms with van der Waals surface area (Å²) in [5.41, 5.74) is 0.436. The molecule has 0 bridgehead atoms. The van der Waals surface area contributed by atoms with E-state index in [2.05, 4.69) is 4.98 Å². The van der Waals surface area contributed by atoms with Gasteiger partial charge in [0.15, 0.2) is 0 Å². The van der Waals surface area contributed by atoms with Crippen molar-refractivity contribution in [1.82, 2.24) is 4.98 Å². The Hall–Kier alpha value is -2.18. The zero-order valence-corrected chi connectivity index (χ0v) is 11.3. The maximum Gasteiger partial charge on any atom is 0.325 e. The van der Waals surface area contributed by atoms with Gasteiger partial charge in [0.2, 0.25) is 5.82 Å². The minimum atomic E-state index is -0.481. The van der Waals surface area contributed by atoms with E-state index in [1.807, 2.05) is 0 Å². The number of anilines is 1. The number of pyridine rings is 1. The number of nitro groups is 1. The first-order chi connectivity index (χ1) is 9.01. The lowest BCUT2D eigenvalue weighted by molar-refractivity contribution is -0.384. The van der Waals surface area contributed by atoms with Crippen LogP contribution in [0.4, 0.5) is 11.5 Å². The lowest BCUT2D eigenvalue weighted by Crippen LogP contribution is -2.32. The van der Waals surface area contributed by atoms with Gasteiger partial charge in [-0.2, -0.15) is 0 Å². The predicted molar refractivity (Wildman–Crippen MR) is 70.1 cm³/mol. The summed E-state index contributed by atoms with van der Waals surface area (Å²) in [5, 5.41) is 11.1. The molecular formula is C12H17N3O4. The summed E-state index contributed by atoms with van der Waals surface area (Å²) >= 11 is 0. The third-order valence-electron chi connectivity index (χ3n) is 2.60. The molecule has 0 unspecified atom stereocenters. The Morgan fingerprint density at radius 3 is 2.74 bits per heavy atom. The van der Waals surface area contributed by atoms with Crippen molar-refractivity contribution in [3.05, 3.63) is 27.9 Å². The van der Waals surface area contributed by atoms with E-state index in [1.165, 1.54) is 11.1 Å². The SMILES string of the molecule is CCOC(=O)CN(CC)c1nccc(C)c1[N+](=O)[O-]. The molecule has 0 radical (unpaired) electrons. The predicted octanol–water partition coefficient (Wildman–Crippen LogP) is 1.69. The number of ether oxygens (including phenoxy) is 1. The average Bonchev–Trinajstić information content (AvgIpc) is 2.35. The molecule has 0 fully saturated rings. The minimum absolute atomic E-state index is 0.0539. The van der Waals surface area contributed by atoms with Crippen molar-refractivity contribution in [2.24, 2.45) is 0 Å². The summed E-state index contributed by atoms with van der Waals surface area (Å²) in [7, 11) is 0. The molecule has 0 saturated heterocycles. The molecule has 7 nitrogen and oxygen atoms in total. The van der Waals surface area contributed by atoms with Crippen LogP contribution in [0.3, 0.4) is 0 Å². The molecular weight excluding hydrogens is 250 g/mol. The summed E-state index contributed by atoms with van der Waals surface area (Å²) in [5.74, 6) is -0.234. The molecule has 0 amide bonds. The van der Waals surface area contributed by atoms with Crippen molar-refractivity contribution in [2.75, 3.05) is 24.6 Å². The van der Waals surface area contributed by atoms with Gasteiger partial charge in [-0.3, -0.25) is 14.9 Å². The molecule has 1 aromatic heterocycles. The van der Waals surface area contributed by atoms with E-state index in [-0.39, 0.29) is 24.7 Å². The van der Waals surface area contributed by atoms with Gasteiger partial charge in [-0.25, -0.2) is 4.98 Å². The fraction of sp³-hybridized carbons (Fsp3) is 0.500. The fourth-order valence-corrected chi connectivity index (χ4v) is 1.69. The second-order valence-corrected chi connectivity index (χ2v) is 3.88. The molecule has 0 aliphatic carbocycles. The van der Waals surface area contributed by atoms with Gasteiger partial charge in [-0.05, 0) is 26.8 Å². The molecule has 7 heteroatoms. The Bertz CT molecular complexity index is 476. The molecule has 1 aromatic rings. The molecule has 0 atom stereocenters. The number of esters is 1. The number of hydrogen-bond donors (Lipinski definition) is 0. The highest BCUT2D eigenvalue weighted by Gasteiger charge is 2.24. The molecule has 0 aromatic carbocycles. The number of hydrogen-bond acceptors (Lipinski definition) is 6. The Morgan fingerprint density at radius 2 is 2.21 bits per heavy atom. The topological polar surface area (TPSA) is 85.6 Å². The third kappa shape index (κ3) is 3.64. The zero-order chi connectivity index (χ0) is 14.4. The smallest absolute Gasteiger partial charge is 0.325 e. The van der Waals surface area contributed by atoms with Crippen LogP contribution in [0.2, 0.25) is 0 Å². The maximum absolute atomic E-state index is 11.5. The number of aromatic nitrogens is 1. The number of nitrogens with zero attached hydrogens (tertiary/aromatic N) is 3. The highest BCUT2D eigenvalue weighted by Crippen LogP contribution is 2.28. The van der Waals surface area contributed by atoms with E-state index in [1.54, 1.807) is 26.8 Å². The van der Waals surface area contributed by atoms with Gasteiger partial charge < -0.3 is 9.64 Å². The van der Waals surface area contributed by atoms with Crippen LogP contribution in [0.25, 0.3) is 0 Å². The van der Waals surface area contributed by atoms with Crippen LogP contribution < -0.4 is 4.90 Å². The molecule has 0 N–H and O–H groups in total. The van der Waals surface area contributed by atoms with E-state index in [0.29, 0.717) is 12.1 Å². The van der Waals surface area contributed by atoms with Crippen molar-refractivity contribution < 1.29 is 14.5 Å². The van der Waals surface area contributed by atoms with Crippen molar-refractivity contribution in [3.8, 4) is 0 Å². The summed E-state index contributed by atoms with van der Waals surface area (Å²) in [6, 6.07) is 1.57. The van der Waals surface area contributed by atoms with E-state index < -0.39 is 10.9 Å². The number of likely N-dealkylation sites (N-methyl/N-ethyl adjacent to an activating group) is 1. The van der Waals surface area contributed by atoms with Gasteiger partial charge in [0, 0.05) is 18.3 Å². The van der Waals surface area contributed by atoms with Gasteiger partial charge in [-0.1, -0.05) is 0 Å². The Morgan fingerprint density at radius 1 is 1.53 bits per heavy atom. The van der Waals surface area contributed by atoms with Crippen LogP contribution in [-0.4, -0.2) is 35.6 Å². The van der Waals surface area contributed by atoms with Crippen LogP contribution in [-0.2, 0) is 9.53 Å². The molecule has 0 aliphatic rings. The Kier molecular flexibility index (Phi) is 5.23.